The van der Waals surface area contributed by atoms with Crippen LogP contribution in [0.15, 0.2) is 9.98 Å². The van der Waals surface area contributed by atoms with E-state index in [0.29, 0.717) is 5.19 Å². The first-order valence-electron chi connectivity index (χ1n) is 2.62. The summed E-state index contributed by atoms with van der Waals surface area (Å²) in [4.78, 5) is 3.89. The van der Waals surface area contributed by atoms with Crippen LogP contribution < -0.4 is 4.74 Å². The summed E-state index contributed by atoms with van der Waals surface area (Å²) < 4.78 is 17.1. The Balaban J connectivity index is 2.42. The molecule has 0 spiro atoms. The molecule has 0 bridgehead atoms. The van der Waals surface area contributed by atoms with Crippen molar-refractivity contribution < 1.29 is 9.13 Å². The maximum absolute atomic E-state index is 11.5. The van der Waals surface area contributed by atoms with Crippen LogP contribution in [0.2, 0.25) is 0 Å². The Morgan fingerprint density at radius 3 is 3.10 bits per heavy atom. The molecule has 0 saturated carbocycles. The van der Waals surface area contributed by atoms with Gasteiger partial charge >= 0.3 is 0 Å². The van der Waals surface area contributed by atoms with Crippen molar-refractivity contribution in [1.82, 2.24) is 4.98 Å². The molecule has 1 heterocycles. The average Bonchev–Trinajstić information content (AvgIpc) is 2.31. The van der Waals surface area contributed by atoms with Crippen LogP contribution in [0.1, 0.15) is 0 Å². The molecule has 1 rings (SSSR count). The van der Waals surface area contributed by atoms with Gasteiger partial charge in [0.05, 0.1) is 0 Å². The van der Waals surface area contributed by atoms with Crippen LogP contribution in [0, 0.1) is 0 Å². The smallest absolute Gasteiger partial charge is 0.274 e. The van der Waals surface area contributed by atoms with Crippen LogP contribution in [0.5, 0.6) is 5.19 Å². The Hall–Kier alpha value is -0.160. The zero-order chi connectivity index (χ0) is 7.40. The third-order valence-electron chi connectivity index (χ3n) is 0.758. The number of rotatable bonds is 3. The molecule has 0 aliphatic heterocycles. The molecule has 2 nitrogen and oxygen atoms in total. The van der Waals surface area contributed by atoms with Crippen molar-refractivity contribution >= 4 is 27.3 Å². The normalized spacial score (nSPS) is 9.80. The van der Waals surface area contributed by atoms with E-state index in [1.54, 1.807) is 5.38 Å². The van der Waals surface area contributed by atoms with Gasteiger partial charge in [-0.2, -0.15) is 4.98 Å². The van der Waals surface area contributed by atoms with E-state index in [1.165, 1.54) is 11.3 Å². The van der Waals surface area contributed by atoms with Crippen LogP contribution in [0.25, 0.3) is 0 Å². The van der Waals surface area contributed by atoms with Crippen LogP contribution in [-0.2, 0) is 0 Å². The van der Waals surface area contributed by atoms with Crippen molar-refractivity contribution in [3.8, 4) is 5.19 Å². The van der Waals surface area contributed by atoms with Gasteiger partial charge in [-0.1, -0.05) is 11.3 Å². The molecular weight excluding hydrogens is 221 g/mol. The van der Waals surface area contributed by atoms with Gasteiger partial charge in [0.2, 0.25) is 0 Å². The van der Waals surface area contributed by atoms with Crippen LogP contribution in [-0.4, -0.2) is 18.3 Å². The van der Waals surface area contributed by atoms with Gasteiger partial charge in [-0.05, 0) is 15.9 Å². The fourth-order valence-corrected chi connectivity index (χ4v) is 1.54. The van der Waals surface area contributed by atoms with Crippen molar-refractivity contribution in [2.24, 2.45) is 0 Å². The zero-order valence-electron chi connectivity index (χ0n) is 5.01. The molecule has 0 atom stereocenters. The average molecular weight is 226 g/mol. The number of thiazole rings is 1. The first kappa shape index (κ1) is 7.94. The molecule has 5 heteroatoms. The van der Waals surface area contributed by atoms with Crippen molar-refractivity contribution in [3.05, 3.63) is 9.98 Å². The Bertz CT molecular complexity index is 205. The van der Waals surface area contributed by atoms with Gasteiger partial charge in [0, 0.05) is 5.38 Å². The van der Waals surface area contributed by atoms with Gasteiger partial charge in [-0.25, -0.2) is 4.39 Å². The minimum absolute atomic E-state index is 0.0833. The molecule has 56 valence electrons. The molecule has 0 radical (unpaired) electrons. The lowest BCUT2D eigenvalue weighted by Gasteiger charge is -1.94. The van der Waals surface area contributed by atoms with E-state index in [2.05, 4.69) is 20.9 Å². The van der Waals surface area contributed by atoms with Gasteiger partial charge in [0.1, 0.15) is 17.9 Å². The summed E-state index contributed by atoms with van der Waals surface area (Å²) in [6.07, 6.45) is 0. The quantitative estimate of drug-likeness (QED) is 0.788. The summed E-state index contributed by atoms with van der Waals surface area (Å²) in [5, 5.41) is 2.29. The highest BCUT2D eigenvalue weighted by Gasteiger charge is 1.98. The van der Waals surface area contributed by atoms with E-state index in [4.69, 9.17) is 4.74 Å². The Kier molecular flexibility index (Phi) is 3.08. The molecule has 1 aromatic heterocycles. The molecule has 0 aliphatic rings. The predicted octanol–water partition coefficient (Wildman–Crippen LogP) is 2.25. The molecule has 0 fully saturated rings. The number of hydrogen-bond donors (Lipinski definition) is 0. The first-order chi connectivity index (χ1) is 4.83. The topological polar surface area (TPSA) is 22.1 Å². The number of nitrogens with zero attached hydrogens (tertiary/aromatic N) is 1. The molecule has 0 unspecified atom stereocenters. The van der Waals surface area contributed by atoms with Crippen molar-refractivity contribution in [1.29, 1.82) is 0 Å². The molecule has 0 amide bonds. The lowest BCUT2D eigenvalue weighted by Crippen LogP contribution is -1.97. The van der Waals surface area contributed by atoms with Gasteiger partial charge in [0.25, 0.3) is 5.19 Å². The summed E-state index contributed by atoms with van der Waals surface area (Å²) in [6, 6.07) is 0. The standard InChI is InChI=1S/C5H5BrFNOS/c6-4-3-10-5(8-4)9-2-1-7/h3H,1-2H2. The number of hydrogen-bond acceptors (Lipinski definition) is 3. The Labute approximate surface area is 70.2 Å². The van der Waals surface area contributed by atoms with Crippen molar-refractivity contribution in [3.63, 3.8) is 0 Å². The minimum atomic E-state index is -0.475. The third kappa shape index (κ3) is 2.22. The maximum atomic E-state index is 11.5. The second-order valence-corrected chi connectivity index (χ2v) is 3.11. The number of halogens is 2. The van der Waals surface area contributed by atoms with E-state index < -0.39 is 6.67 Å². The highest BCUT2D eigenvalue weighted by molar-refractivity contribution is 9.10. The molecule has 0 aliphatic carbocycles. The Morgan fingerprint density at radius 2 is 2.60 bits per heavy atom. The van der Waals surface area contributed by atoms with E-state index in [0.717, 1.165) is 4.60 Å². The van der Waals surface area contributed by atoms with E-state index in [1.807, 2.05) is 0 Å². The number of alkyl halides is 1. The van der Waals surface area contributed by atoms with E-state index in [-0.39, 0.29) is 6.61 Å². The largest absolute Gasteiger partial charge is 0.467 e. The number of ether oxygens (including phenoxy) is 1. The van der Waals surface area contributed by atoms with Crippen LogP contribution in [0.4, 0.5) is 4.39 Å². The number of aromatic nitrogens is 1. The molecule has 0 N–H and O–H groups in total. The zero-order valence-corrected chi connectivity index (χ0v) is 7.41. The fraction of sp³-hybridized carbons (Fsp3) is 0.400. The van der Waals surface area contributed by atoms with E-state index >= 15 is 0 Å². The second-order valence-electron chi connectivity index (χ2n) is 1.47. The van der Waals surface area contributed by atoms with Gasteiger partial charge in [-0.3, -0.25) is 0 Å². The molecule has 0 saturated heterocycles. The summed E-state index contributed by atoms with van der Waals surface area (Å²) in [7, 11) is 0. The fourth-order valence-electron chi connectivity index (χ4n) is 0.431. The molecule has 0 aromatic carbocycles. The van der Waals surface area contributed by atoms with Gasteiger partial charge in [0.15, 0.2) is 0 Å². The Morgan fingerprint density at radius 1 is 1.80 bits per heavy atom. The summed E-state index contributed by atoms with van der Waals surface area (Å²) >= 11 is 4.49. The molecule has 10 heavy (non-hydrogen) atoms. The van der Waals surface area contributed by atoms with Gasteiger partial charge < -0.3 is 4.74 Å². The summed E-state index contributed by atoms with van der Waals surface area (Å²) in [5.41, 5.74) is 0. The minimum Gasteiger partial charge on any atom is -0.467 e. The monoisotopic (exact) mass is 225 g/mol. The predicted molar refractivity (Wildman–Crippen MR) is 41.3 cm³/mol. The highest BCUT2D eigenvalue weighted by Crippen LogP contribution is 2.21. The van der Waals surface area contributed by atoms with Crippen molar-refractivity contribution in [2.75, 3.05) is 13.3 Å². The summed E-state index contributed by atoms with van der Waals surface area (Å²) in [5.74, 6) is 0. The highest BCUT2D eigenvalue weighted by atomic mass is 79.9. The SMILES string of the molecule is FCCOc1nc(Br)cs1. The van der Waals surface area contributed by atoms with E-state index in [9.17, 15) is 4.39 Å². The maximum Gasteiger partial charge on any atom is 0.274 e. The van der Waals surface area contributed by atoms with Crippen LogP contribution >= 0.6 is 27.3 Å². The van der Waals surface area contributed by atoms with Crippen molar-refractivity contribution in [2.45, 2.75) is 0 Å². The summed E-state index contributed by atoms with van der Waals surface area (Å²) in [6.45, 7) is -0.392. The van der Waals surface area contributed by atoms with Gasteiger partial charge in [-0.15, -0.1) is 0 Å². The lowest BCUT2D eigenvalue weighted by molar-refractivity contribution is 0.272. The third-order valence-corrected chi connectivity index (χ3v) is 2.22. The lowest BCUT2D eigenvalue weighted by atomic mass is 10.8. The molecule has 1 aromatic rings. The first-order valence-corrected chi connectivity index (χ1v) is 4.30. The molecular formula is C5H5BrFNOS. The second kappa shape index (κ2) is 3.88. The van der Waals surface area contributed by atoms with Crippen LogP contribution in [0.3, 0.4) is 0 Å².